The van der Waals surface area contributed by atoms with E-state index in [-0.39, 0.29) is 5.43 Å². The van der Waals surface area contributed by atoms with E-state index in [9.17, 15) is 4.79 Å². The summed E-state index contributed by atoms with van der Waals surface area (Å²) < 4.78 is 3.19. The Morgan fingerprint density at radius 2 is 1.95 bits per heavy atom. The third kappa shape index (κ3) is 2.20. The van der Waals surface area contributed by atoms with Crippen molar-refractivity contribution in [2.75, 3.05) is 0 Å². The van der Waals surface area contributed by atoms with E-state index in [0.717, 1.165) is 40.6 Å². The van der Waals surface area contributed by atoms with Gasteiger partial charge in [0.25, 0.3) is 0 Å². The number of nitrogens with zero attached hydrogens (tertiary/aromatic N) is 1. The van der Waals surface area contributed by atoms with E-state index < -0.39 is 0 Å². The number of hydrogen-bond donors (Lipinski definition) is 0. The Labute approximate surface area is 134 Å². The lowest BCUT2D eigenvalue weighted by Crippen LogP contribution is -2.26. The van der Waals surface area contributed by atoms with Crippen molar-refractivity contribution < 1.29 is 0 Å². The summed E-state index contributed by atoms with van der Waals surface area (Å²) in [5, 5.41) is 0.874. The molecule has 0 fully saturated rings. The lowest BCUT2D eigenvalue weighted by molar-refractivity contribution is 0.318. The molecular formula is C19H19NOS. The van der Waals surface area contributed by atoms with Gasteiger partial charge in [-0.15, -0.1) is 11.3 Å². The molecule has 1 aliphatic rings. The molecule has 0 atom stereocenters. The summed E-state index contributed by atoms with van der Waals surface area (Å²) >= 11 is 1.80. The summed E-state index contributed by atoms with van der Waals surface area (Å²) in [5.74, 6) is 0. The van der Waals surface area contributed by atoms with Crippen molar-refractivity contribution in [3.63, 3.8) is 0 Å². The van der Waals surface area contributed by atoms with E-state index in [4.69, 9.17) is 0 Å². The predicted octanol–water partition coefficient (Wildman–Crippen LogP) is 4.57. The highest BCUT2D eigenvalue weighted by molar-refractivity contribution is 7.18. The second-order valence-corrected chi connectivity index (χ2v) is 8.08. The van der Waals surface area contributed by atoms with Crippen LogP contribution in [0.1, 0.15) is 30.7 Å². The maximum absolute atomic E-state index is 12.8. The molecule has 0 amide bonds. The van der Waals surface area contributed by atoms with Crippen LogP contribution >= 0.6 is 11.3 Å². The van der Waals surface area contributed by atoms with E-state index in [1.807, 2.05) is 36.7 Å². The minimum Gasteiger partial charge on any atom is -0.324 e. The summed E-state index contributed by atoms with van der Waals surface area (Å²) in [7, 11) is 0. The lowest BCUT2D eigenvalue weighted by atomic mass is 9.77. The molecule has 0 aliphatic heterocycles. The average Bonchev–Trinajstić information content (AvgIpc) is 2.99. The van der Waals surface area contributed by atoms with Gasteiger partial charge >= 0.3 is 0 Å². The van der Waals surface area contributed by atoms with Crippen molar-refractivity contribution in [3.8, 4) is 5.69 Å². The van der Waals surface area contributed by atoms with Gasteiger partial charge in [-0.2, -0.15) is 0 Å². The highest BCUT2D eigenvalue weighted by Crippen LogP contribution is 2.37. The third-order valence-corrected chi connectivity index (χ3v) is 5.84. The van der Waals surface area contributed by atoms with Crippen LogP contribution in [-0.4, -0.2) is 4.57 Å². The molecule has 0 N–H and O–H groups in total. The number of benzene rings is 1. The second-order valence-electron chi connectivity index (χ2n) is 6.94. The minimum absolute atomic E-state index is 0.248. The van der Waals surface area contributed by atoms with Gasteiger partial charge < -0.3 is 4.57 Å². The average molecular weight is 309 g/mol. The van der Waals surface area contributed by atoms with Crippen LogP contribution in [0.25, 0.3) is 15.8 Å². The van der Waals surface area contributed by atoms with Crippen LogP contribution in [-0.2, 0) is 12.8 Å². The molecule has 3 heteroatoms. The lowest BCUT2D eigenvalue weighted by Gasteiger charge is -2.30. The van der Waals surface area contributed by atoms with Gasteiger partial charge in [0.2, 0.25) is 0 Å². The van der Waals surface area contributed by atoms with Crippen LogP contribution in [0, 0.1) is 5.41 Å². The molecule has 112 valence electrons. The van der Waals surface area contributed by atoms with Gasteiger partial charge in [0.05, 0.1) is 0 Å². The van der Waals surface area contributed by atoms with E-state index >= 15 is 0 Å². The maximum atomic E-state index is 12.8. The fraction of sp³-hybridized carbons (Fsp3) is 0.316. The van der Waals surface area contributed by atoms with Crippen molar-refractivity contribution in [2.24, 2.45) is 5.41 Å². The molecule has 3 aromatic rings. The molecular weight excluding hydrogens is 290 g/mol. The molecule has 1 aliphatic carbocycles. The molecule has 0 saturated heterocycles. The van der Waals surface area contributed by atoms with Crippen molar-refractivity contribution in [3.05, 3.63) is 63.4 Å². The van der Waals surface area contributed by atoms with Crippen LogP contribution in [0.15, 0.2) is 47.5 Å². The largest absolute Gasteiger partial charge is 0.324 e. The van der Waals surface area contributed by atoms with E-state index in [1.54, 1.807) is 11.3 Å². The molecule has 2 aromatic heterocycles. The quantitative estimate of drug-likeness (QED) is 0.645. The van der Waals surface area contributed by atoms with E-state index in [0.29, 0.717) is 5.41 Å². The molecule has 2 heterocycles. The van der Waals surface area contributed by atoms with Gasteiger partial charge in [0, 0.05) is 38.6 Å². The Bertz CT molecular complexity index is 903. The highest BCUT2D eigenvalue weighted by atomic mass is 32.1. The molecule has 1 aromatic carbocycles. The first-order valence-electron chi connectivity index (χ1n) is 7.75. The summed E-state index contributed by atoms with van der Waals surface area (Å²) in [6.07, 6.45) is 7.12. The van der Waals surface area contributed by atoms with Crippen molar-refractivity contribution in [1.82, 2.24) is 4.57 Å². The number of fused-ring (bicyclic) bond motifs is 2. The van der Waals surface area contributed by atoms with Crippen molar-refractivity contribution in [2.45, 2.75) is 33.1 Å². The first-order chi connectivity index (χ1) is 10.5. The smallest absolute Gasteiger partial charge is 0.191 e. The molecule has 2 nitrogen and oxygen atoms in total. The second kappa shape index (κ2) is 4.82. The van der Waals surface area contributed by atoms with Gasteiger partial charge in [-0.05, 0) is 55.0 Å². The van der Waals surface area contributed by atoms with Crippen molar-refractivity contribution in [1.29, 1.82) is 0 Å². The summed E-state index contributed by atoms with van der Waals surface area (Å²) in [4.78, 5) is 14.1. The molecule has 0 spiro atoms. The van der Waals surface area contributed by atoms with Gasteiger partial charge in [-0.3, -0.25) is 4.79 Å². The Morgan fingerprint density at radius 1 is 1.18 bits per heavy atom. The fourth-order valence-electron chi connectivity index (χ4n) is 3.32. The first-order valence-corrected chi connectivity index (χ1v) is 8.57. The Morgan fingerprint density at radius 3 is 2.73 bits per heavy atom. The van der Waals surface area contributed by atoms with Crippen LogP contribution in [0.2, 0.25) is 0 Å². The molecule has 0 saturated carbocycles. The molecule has 0 bridgehead atoms. The van der Waals surface area contributed by atoms with Crippen LogP contribution in [0.5, 0.6) is 0 Å². The Kier molecular flexibility index (Phi) is 3.01. The SMILES string of the molecule is CC1(C)CCc2c(sc3cc(-n4cccc4)ccc3c2=O)C1. The molecule has 22 heavy (non-hydrogen) atoms. The summed E-state index contributed by atoms with van der Waals surface area (Å²) in [5.41, 5.74) is 2.73. The normalized spacial score (nSPS) is 16.6. The van der Waals surface area contributed by atoms with Gasteiger partial charge in [0.1, 0.15) is 0 Å². The number of rotatable bonds is 1. The molecule has 0 unspecified atom stereocenters. The van der Waals surface area contributed by atoms with E-state index in [1.165, 1.54) is 4.88 Å². The zero-order chi connectivity index (χ0) is 15.3. The van der Waals surface area contributed by atoms with Crippen LogP contribution in [0.3, 0.4) is 0 Å². The standard InChI is InChI=1S/C19H19NOS/c1-19(2)8-7-15-17(12-19)22-16-11-13(20-9-3-4-10-20)5-6-14(16)18(15)21/h3-6,9-11H,7-8,12H2,1-2H3. The number of hydrogen-bond acceptors (Lipinski definition) is 2. The monoisotopic (exact) mass is 309 g/mol. The minimum atomic E-state index is 0.248. The Balaban J connectivity index is 1.93. The summed E-state index contributed by atoms with van der Waals surface area (Å²) in [6, 6.07) is 10.2. The topological polar surface area (TPSA) is 22.0 Å². The number of aromatic nitrogens is 1. The maximum Gasteiger partial charge on any atom is 0.191 e. The predicted molar refractivity (Wildman–Crippen MR) is 93.2 cm³/mol. The molecule has 4 rings (SSSR count). The highest BCUT2D eigenvalue weighted by Gasteiger charge is 2.28. The third-order valence-electron chi connectivity index (χ3n) is 4.65. The van der Waals surface area contributed by atoms with Gasteiger partial charge in [-0.1, -0.05) is 13.8 Å². The zero-order valence-electron chi connectivity index (χ0n) is 12.9. The van der Waals surface area contributed by atoms with Crippen LogP contribution in [0.4, 0.5) is 0 Å². The van der Waals surface area contributed by atoms with Crippen molar-refractivity contribution >= 4 is 21.4 Å². The van der Waals surface area contributed by atoms with Gasteiger partial charge in [0.15, 0.2) is 5.43 Å². The Hall–Kier alpha value is -1.87. The van der Waals surface area contributed by atoms with Gasteiger partial charge in [-0.25, -0.2) is 0 Å². The summed E-state index contributed by atoms with van der Waals surface area (Å²) in [6.45, 7) is 4.60. The first kappa shape index (κ1) is 13.8. The fourth-order valence-corrected chi connectivity index (χ4v) is 4.81. The zero-order valence-corrected chi connectivity index (χ0v) is 13.7. The van der Waals surface area contributed by atoms with Crippen LogP contribution < -0.4 is 5.43 Å². The molecule has 0 radical (unpaired) electrons. The van der Waals surface area contributed by atoms with E-state index in [2.05, 4.69) is 24.5 Å².